The number of rotatable bonds is 5. The molecule has 0 spiro atoms. The maximum absolute atomic E-state index is 12.5. The summed E-state index contributed by atoms with van der Waals surface area (Å²) in [6, 6.07) is 7.07. The lowest BCUT2D eigenvalue weighted by Gasteiger charge is -2.21. The number of aliphatic hydroxyl groups is 1. The molecule has 0 aromatic heterocycles. The van der Waals surface area contributed by atoms with E-state index in [1.54, 1.807) is 7.11 Å². The lowest BCUT2D eigenvalue weighted by molar-refractivity contribution is -0.124. The van der Waals surface area contributed by atoms with Crippen LogP contribution in [0.5, 0.6) is 5.75 Å². The third kappa shape index (κ3) is 2.44. The minimum absolute atomic E-state index is 0.150. The van der Waals surface area contributed by atoms with E-state index in [9.17, 15) is 9.90 Å². The van der Waals surface area contributed by atoms with E-state index in [1.165, 1.54) is 19.3 Å². The second kappa shape index (κ2) is 5.52. The Bertz CT molecular complexity index is 583. The largest absolute Gasteiger partial charge is 0.497 e. The van der Waals surface area contributed by atoms with E-state index in [2.05, 4.69) is 5.32 Å². The number of benzene rings is 1. The van der Waals surface area contributed by atoms with Gasteiger partial charge in [-0.05, 0) is 67.6 Å². The molecule has 3 saturated carbocycles. The molecule has 4 heteroatoms. The van der Waals surface area contributed by atoms with E-state index >= 15 is 0 Å². The first kappa shape index (κ1) is 15.0. The molecule has 1 unspecified atom stereocenters. The van der Waals surface area contributed by atoms with Gasteiger partial charge in [0.15, 0.2) is 0 Å². The lowest BCUT2D eigenvalue weighted by Crippen LogP contribution is -2.39. The number of fused-ring (bicyclic) bond motifs is 5. The Kier molecular flexibility index (Phi) is 3.60. The number of methoxy groups -OCH3 is 1. The Morgan fingerprint density at radius 1 is 1.22 bits per heavy atom. The van der Waals surface area contributed by atoms with Crippen molar-refractivity contribution in [1.82, 2.24) is 5.32 Å². The Hall–Kier alpha value is -1.55. The van der Waals surface area contributed by atoms with Gasteiger partial charge in [-0.15, -0.1) is 0 Å². The normalized spacial score (nSPS) is 36.2. The number of hydrogen-bond acceptors (Lipinski definition) is 3. The van der Waals surface area contributed by atoms with E-state index in [0.717, 1.165) is 23.1 Å². The first-order valence-corrected chi connectivity index (χ1v) is 8.72. The maximum atomic E-state index is 12.5. The molecule has 7 atom stereocenters. The van der Waals surface area contributed by atoms with Gasteiger partial charge < -0.3 is 15.2 Å². The molecular weight excluding hydrogens is 290 g/mol. The van der Waals surface area contributed by atoms with Crippen LogP contribution in [0.3, 0.4) is 0 Å². The molecule has 0 radical (unpaired) electrons. The Balaban J connectivity index is 1.36. The molecule has 4 rings (SSSR count). The molecular formula is C19H25NO3. The van der Waals surface area contributed by atoms with Crippen molar-refractivity contribution in [2.45, 2.75) is 38.3 Å². The molecule has 0 heterocycles. The standard InChI is InChI=1S/C19H25NO3/c1-10(18(21)11-5-7-14(23-2)8-6-11)20-19(22)17-15-12-3-4-13(9-12)16(15)17/h5-8,10,12-13,15-18,21H,3-4,9H2,1-2H3,(H,20,22)/t10-,12-,13-,15-,16+,17?,18+/m0/s1. The number of hydrogen-bond donors (Lipinski definition) is 2. The highest BCUT2D eigenvalue weighted by atomic mass is 16.5. The third-order valence-electron chi connectivity index (χ3n) is 6.34. The van der Waals surface area contributed by atoms with Crippen LogP contribution in [0.2, 0.25) is 0 Å². The fourth-order valence-corrected chi connectivity index (χ4v) is 5.16. The lowest BCUT2D eigenvalue weighted by atomic mass is 10.0. The van der Waals surface area contributed by atoms with Crippen molar-refractivity contribution in [1.29, 1.82) is 0 Å². The average Bonchev–Trinajstić information content (AvgIpc) is 3.02. The molecule has 124 valence electrons. The Labute approximate surface area is 137 Å². The quantitative estimate of drug-likeness (QED) is 0.878. The van der Waals surface area contributed by atoms with Crippen molar-refractivity contribution in [3.63, 3.8) is 0 Å². The molecule has 3 aliphatic carbocycles. The van der Waals surface area contributed by atoms with Gasteiger partial charge in [0, 0.05) is 5.92 Å². The molecule has 23 heavy (non-hydrogen) atoms. The second-order valence-electron chi connectivity index (χ2n) is 7.53. The van der Waals surface area contributed by atoms with E-state index < -0.39 is 6.10 Å². The van der Waals surface area contributed by atoms with E-state index in [1.807, 2.05) is 31.2 Å². The number of carbonyl (C=O) groups excluding carboxylic acids is 1. The number of aliphatic hydroxyl groups excluding tert-OH is 1. The predicted octanol–water partition coefficient (Wildman–Crippen LogP) is 2.53. The summed E-state index contributed by atoms with van der Waals surface area (Å²) >= 11 is 0. The summed E-state index contributed by atoms with van der Waals surface area (Å²) in [6.45, 7) is 1.87. The topological polar surface area (TPSA) is 58.6 Å². The van der Waals surface area contributed by atoms with Crippen molar-refractivity contribution in [3.05, 3.63) is 29.8 Å². The number of amides is 1. The van der Waals surface area contributed by atoms with Crippen LogP contribution in [-0.4, -0.2) is 24.2 Å². The highest BCUT2D eigenvalue weighted by molar-refractivity contribution is 5.83. The zero-order chi connectivity index (χ0) is 16.1. The third-order valence-corrected chi connectivity index (χ3v) is 6.34. The van der Waals surface area contributed by atoms with Crippen molar-refractivity contribution in [2.75, 3.05) is 7.11 Å². The van der Waals surface area contributed by atoms with Crippen LogP contribution in [0.25, 0.3) is 0 Å². The molecule has 0 aliphatic heterocycles. The van der Waals surface area contributed by atoms with Gasteiger partial charge in [0.1, 0.15) is 5.75 Å². The zero-order valence-corrected chi connectivity index (χ0v) is 13.7. The number of nitrogens with one attached hydrogen (secondary N) is 1. The van der Waals surface area contributed by atoms with Gasteiger partial charge in [0.25, 0.3) is 0 Å². The van der Waals surface area contributed by atoms with Crippen LogP contribution >= 0.6 is 0 Å². The van der Waals surface area contributed by atoms with Crippen LogP contribution in [0.15, 0.2) is 24.3 Å². The van der Waals surface area contributed by atoms with Crippen LogP contribution < -0.4 is 10.1 Å². The van der Waals surface area contributed by atoms with E-state index in [4.69, 9.17) is 4.74 Å². The highest BCUT2D eigenvalue weighted by Gasteiger charge is 2.67. The van der Waals surface area contributed by atoms with Crippen molar-refractivity contribution >= 4 is 5.91 Å². The summed E-state index contributed by atoms with van der Waals surface area (Å²) in [6.07, 6.45) is 3.29. The molecule has 0 saturated heterocycles. The number of carbonyl (C=O) groups is 1. The molecule has 1 aromatic rings. The average molecular weight is 315 g/mol. The molecule has 3 fully saturated rings. The van der Waals surface area contributed by atoms with E-state index in [-0.39, 0.29) is 17.9 Å². The van der Waals surface area contributed by atoms with Gasteiger partial charge >= 0.3 is 0 Å². The van der Waals surface area contributed by atoms with Gasteiger partial charge in [-0.2, -0.15) is 0 Å². The van der Waals surface area contributed by atoms with Crippen LogP contribution in [0, 0.1) is 29.6 Å². The highest BCUT2D eigenvalue weighted by Crippen LogP contribution is 2.69. The summed E-state index contributed by atoms with van der Waals surface area (Å²) in [5.74, 6) is 3.99. The fourth-order valence-electron chi connectivity index (χ4n) is 5.16. The molecule has 3 aliphatic rings. The van der Waals surface area contributed by atoms with Gasteiger partial charge in [-0.3, -0.25) is 4.79 Å². The van der Waals surface area contributed by atoms with Gasteiger partial charge in [-0.25, -0.2) is 0 Å². The van der Waals surface area contributed by atoms with Crippen molar-refractivity contribution in [2.24, 2.45) is 29.6 Å². The summed E-state index contributed by atoms with van der Waals surface area (Å²) in [7, 11) is 1.62. The van der Waals surface area contributed by atoms with Crippen LogP contribution in [-0.2, 0) is 4.79 Å². The van der Waals surface area contributed by atoms with Crippen molar-refractivity contribution in [3.8, 4) is 5.75 Å². The maximum Gasteiger partial charge on any atom is 0.224 e. The Morgan fingerprint density at radius 3 is 2.39 bits per heavy atom. The summed E-state index contributed by atoms with van der Waals surface area (Å²) in [5.41, 5.74) is 0.801. The molecule has 1 amide bonds. The molecule has 1 aromatic carbocycles. The smallest absolute Gasteiger partial charge is 0.224 e. The van der Waals surface area contributed by atoms with Gasteiger partial charge in [0.05, 0.1) is 19.3 Å². The molecule has 2 bridgehead atoms. The van der Waals surface area contributed by atoms with Crippen molar-refractivity contribution < 1.29 is 14.6 Å². The number of ether oxygens (including phenoxy) is 1. The summed E-state index contributed by atoms with van der Waals surface area (Å²) in [4.78, 5) is 12.5. The fraction of sp³-hybridized carbons (Fsp3) is 0.632. The zero-order valence-electron chi connectivity index (χ0n) is 13.7. The minimum Gasteiger partial charge on any atom is -0.497 e. The van der Waals surface area contributed by atoms with Gasteiger partial charge in [-0.1, -0.05) is 12.1 Å². The minimum atomic E-state index is -0.694. The predicted molar refractivity (Wildman–Crippen MR) is 86.9 cm³/mol. The summed E-state index contributed by atoms with van der Waals surface area (Å²) in [5, 5.41) is 13.5. The van der Waals surface area contributed by atoms with Gasteiger partial charge in [0.2, 0.25) is 5.91 Å². The second-order valence-corrected chi connectivity index (χ2v) is 7.53. The monoisotopic (exact) mass is 315 g/mol. The van der Waals surface area contributed by atoms with Crippen LogP contribution in [0.1, 0.15) is 37.9 Å². The first-order valence-electron chi connectivity index (χ1n) is 8.72. The molecule has 2 N–H and O–H groups in total. The van der Waals surface area contributed by atoms with E-state index in [0.29, 0.717) is 11.8 Å². The molecule has 4 nitrogen and oxygen atoms in total. The SMILES string of the molecule is COc1ccc([C@H](O)[C@H](C)NC(=O)C2[C@@H]3[C@H]4CC[C@@H](C4)[C@H]23)cc1. The first-order chi connectivity index (χ1) is 11.1. The van der Waals surface area contributed by atoms with Crippen LogP contribution in [0.4, 0.5) is 0 Å². The summed E-state index contributed by atoms with van der Waals surface area (Å²) < 4.78 is 5.13. The Morgan fingerprint density at radius 2 is 1.83 bits per heavy atom.